The Hall–Kier alpha value is -1.10. The van der Waals surface area contributed by atoms with Gasteiger partial charge >= 0.3 is 0 Å². The molecule has 2 aliphatic rings. The molecule has 1 unspecified atom stereocenters. The molecule has 2 fully saturated rings. The summed E-state index contributed by atoms with van der Waals surface area (Å²) in [4.78, 5) is 27.4. The number of rotatable bonds is 1. The van der Waals surface area contributed by atoms with Crippen molar-refractivity contribution in [2.24, 2.45) is 5.92 Å². The van der Waals surface area contributed by atoms with Gasteiger partial charge in [-0.25, -0.2) is 0 Å². The molecule has 0 aromatic heterocycles. The number of aliphatic hydroxyl groups excluding tert-OH is 1. The van der Waals surface area contributed by atoms with Gasteiger partial charge in [-0.3, -0.25) is 9.59 Å². The second kappa shape index (κ2) is 7.07. The van der Waals surface area contributed by atoms with Crippen LogP contribution in [0.4, 0.5) is 0 Å². The fourth-order valence-electron chi connectivity index (χ4n) is 3.26. The summed E-state index contributed by atoms with van der Waals surface area (Å²) in [5.41, 5.74) is 0. The number of carbonyl (C=O) groups excluding carboxylic acids is 2. The lowest BCUT2D eigenvalue weighted by atomic mass is 9.98. The summed E-state index contributed by atoms with van der Waals surface area (Å²) in [6.45, 7) is 3.29. The Kier molecular flexibility index (Phi) is 5.40. The molecule has 0 aromatic carbocycles. The molecular formula is C15H26N2O3. The van der Waals surface area contributed by atoms with Crippen LogP contribution in [-0.4, -0.2) is 59.0 Å². The van der Waals surface area contributed by atoms with E-state index in [9.17, 15) is 14.7 Å². The molecule has 0 aromatic rings. The quantitative estimate of drug-likeness (QED) is 0.730. The summed E-state index contributed by atoms with van der Waals surface area (Å²) in [5, 5.41) is 9.99. The van der Waals surface area contributed by atoms with Crippen LogP contribution in [0.1, 0.15) is 45.4 Å². The molecule has 5 nitrogen and oxygen atoms in total. The van der Waals surface area contributed by atoms with Crippen LogP contribution in [-0.2, 0) is 9.59 Å². The number of hydrogen-bond acceptors (Lipinski definition) is 3. The van der Waals surface area contributed by atoms with Gasteiger partial charge in [-0.1, -0.05) is 25.7 Å². The molecule has 1 atom stereocenters. The topological polar surface area (TPSA) is 60.9 Å². The van der Waals surface area contributed by atoms with Crippen molar-refractivity contribution in [3.63, 3.8) is 0 Å². The molecule has 2 amide bonds. The number of nitrogens with zero attached hydrogens (tertiary/aromatic N) is 2. The van der Waals surface area contributed by atoms with Crippen molar-refractivity contribution >= 4 is 11.8 Å². The van der Waals surface area contributed by atoms with Crippen molar-refractivity contribution in [1.82, 2.24) is 9.80 Å². The molecule has 0 radical (unpaired) electrons. The van der Waals surface area contributed by atoms with Crippen molar-refractivity contribution in [2.45, 2.75) is 51.6 Å². The first-order chi connectivity index (χ1) is 9.58. The predicted molar refractivity (Wildman–Crippen MR) is 76.0 cm³/mol. The Morgan fingerprint density at radius 1 is 0.950 bits per heavy atom. The number of aliphatic hydroxyl groups is 1. The number of β-amino-alcohol motifs (C(OH)–C–C–N with tert-alkyl or cyclic N) is 1. The van der Waals surface area contributed by atoms with E-state index >= 15 is 0 Å². The Labute approximate surface area is 120 Å². The second-order valence-corrected chi connectivity index (χ2v) is 6.09. The van der Waals surface area contributed by atoms with E-state index in [1.807, 2.05) is 0 Å². The lowest BCUT2D eigenvalue weighted by Crippen LogP contribution is -2.41. The molecule has 1 heterocycles. The van der Waals surface area contributed by atoms with Crippen LogP contribution in [0.5, 0.6) is 0 Å². The van der Waals surface area contributed by atoms with Crippen molar-refractivity contribution in [3.8, 4) is 0 Å². The summed E-state index contributed by atoms with van der Waals surface area (Å²) >= 11 is 0. The third-order valence-corrected chi connectivity index (χ3v) is 4.46. The van der Waals surface area contributed by atoms with E-state index in [1.165, 1.54) is 19.8 Å². The molecule has 1 N–H and O–H groups in total. The van der Waals surface area contributed by atoms with E-state index in [0.29, 0.717) is 26.2 Å². The summed E-state index contributed by atoms with van der Waals surface area (Å²) in [7, 11) is 0. The predicted octanol–water partition coefficient (Wildman–Crippen LogP) is 1.01. The number of amides is 2. The van der Waals surface area contributed by atoms with E-state index in [0.717, 1.165) is 25.7 Å². The van der Waals surface area contributed by atoms with Gasteiger partial charge in [0.1, 0.15) is 0 Å². The molecule has 0 spiro atoms. The van der Waals surface area contributed by atoms with Crippen LogP contribution in [0.15, 0.2) is 0 Å². The third-order valence-electron chi connectivity index (χ3n) is 4.46. The molecule has 0 bridgehead atoms. The lowest BCUT2D eigenvalue weighted by molar-refractivity contribution is -0.137. The molecule has 114 valence electrons. The number of carbonyl (C=O) groups is 2. The molecule has 2 rings (SSSR count). The van der Waals surface area contributed by atoms with Gasteiger partial charge in [-0.2, -0.15) is 0 Å². The number of hydrogen-bond donors (Lipinski definition) is 1. The first kappa shape index (κ1) is 15.3. The smallest absolute Gasteiger partial charge is 0.225 e. The highest BCUT2D eigenvalue weighted by Gasteiger charge is 2.29. The normalized spacial score (nSPS) is 26.0. The van der Waals surface area contributed by atoms with Crippen LogP contribution in [0.3, 0.4) is 0 Å². The largest absolute Gasteiger partial charge is 0.389 e. The Morgan fingerprint density at radius 3 is 2.10 bits per heavy atom. The van der Waals surface area contributed by atoms with Crippen LogP contribution in [0.2, 0.25) is 0 Å². The summed E-state index contributed by atoms with van der Waals surface area (Å²) in [6.07, 6.45) is 6.04. The molecule has 1 saturated heterocycles. The maximum Gasteiger partial charge on any atom is 0.225 e. The summed E-state index contributed by atoms with van der Waals surface area (Å²) in [5.74, 6) is 0.262. The van der Waals surface area contributed by atoms with Gasteiger partial charge in [0.2, 0.25) is 11.8 Å². The molecule has 1 saturated carbocycles. The van der Waals surface area contributed by atoms with Crippen LogP contribution in [0, 0.1) is 5.92 Å². The monoisotopic (exact) mass is 282 g/mol. The SMILES string of the molecule is CC(=O)N1CCN(C(=O)C2CCCCCC2)CC(O)C1. The molecule has 5 heteroatoms. The van der Waals surface area contributed by atoms with Gasteiger partial charge in [0.25, 0.3) is 0 Å². The van der Waals surface area contributed by atoms with Crippen molar-refractivity contribution in [1.29, 1.82) is 0 Å². The third kappa shape index (κ3) is 3.95. The molecular weight excluding hydrogens is 256 g/mol. The zero-order valence-corrected chi connectivity index (χ0v) is 12.4. The summed E-state index contributed by atoms with van der Waals surface area (Å²) < 4.78 is 0. The van der Waals surface area contributed by atoms with Gasteiger partial charge in [-0.05, 0) is 12.8 Å². The van der Waals surface area contributed by atoms with Crippen LogP contribution < -0.4 is 0 Å². The van der Waals surface area contributed by atoms with E-state index in [4.69, 9.17) is 0 Å². The van der Waals surface area contributed by atoms with Gasteiger partial charge in [0, 0.05) is 39.0 Å². The molecule has 1 aliphatic carbocycles. The van der Waals surface area contributed by atoms with E-state index in [2.05, 4.69) is 0 Å². The highest BCUT2D eigenvalue weighted by molar-refractivity contribution is 5.79. The van der Waals surface area contributed by atoms with Gasteiger partial charge in [-0.15, -0.1) is 0 Å². The zero-order valence-electron chi connectivity index (χ0n) is 12.4. The van der Waals surface area contributed by atoms with E-state index in [1.54, 1.807) is 9.80 Å². The minimum absolute atomic E-state index is 0.0344. The van der Waals surface area contributed by atoms with Crippen molar-refractivity contribution < 1.29 is 14.7 Å². The van der Waals surface area contributed by atoms with Gasteiger partial charge in [0.05, 0.1) is 6.10 Å². The second-order valence-electron chi connectivity index (χ2n) is 6.09. The first-order valence-electron chi connectivity index (χ1n) is 7.80. The van der Waals surface area contributed by atoms with Crippen LogP contribution >= 0.6 is 0 Å². The minimum atomic E-state index is -0.629. The lowest BCUT2D eigenvalue weighted by Gasteiger charge is -2.26. The summed E-state index contributed by atoms with van der Waals surface area (Å²) in [6, 6.07) is 0. The minimum Gasteiger partial charge on any atom is -0.389 e. The van der Waals surface area contributed by atoms with Crippen molar-refractivity contribution in [3.05, 3.63) is 0 Å². The fraction of sp³-hybridized carbons (Fsp3) is 0.867. The van der Waals surface area contributed by atoms with Gasteiger partial charge in [0.15, 0.2) is 0 Å². The highest BCUT2D eigenvalue weighted by atomic mass is 16.3. The Bertz CT molecular complexity index is 351. The average molecular weight is 282 g/mol. The zero-order chi connectivity index (χ0) is 14.5. The van der Waals surface area contributed by atoms with E-state index in [-0.39, 0.29) is 17.7 Å². The Morgan fingerprint density at radius 2 is 1.50 bits per heavy atom. The maximum atomic E-state index is 12.6. The maximum absolute atomic E-state index is 12.6. The Balaban J connectivity index is 1.96. The highest BCUT2D eigenvalue weighted by Crippen LogP contribution is 2.25. The first-order valence-corrected chi connectivity index (χ1v) is 7.80. The average Bonchev–Trinajstić information content (AvgIpc) is 2.78. The van der Waals surface area contributed by atoms with E-state index < -0.39 is 6.10 Å². The fourth-order valence-corrected chi connectivity index (χ4v) is 3.26. The molecule has 1 aliphatic heterocycles. The standard InChI is InChI=1S/C15H26N2O3/c1-12(18)16-8-9-17(11-14(19)10-16)15(20)13-6-4-2-3-5-7-13/h13-14,19H,2-11H2,1H3. The van der Waals surface area contributed by atoms with Crippen molar-refractivity contribution in [2.75, 3.05) is 26.2 Å². The van der Waals surface area contributed by atoms with Gasteiger partial charge < -0.3 is 14.9 Å². The van der Waals surface area contributed by atoms with Crippen LogP contribution in [0.25, 0.3) is 0 Å². The molecule has 20 heavy (non-hydrogen) atoms.